The number of rotatable bonds is 4. The van der Waals surface area contributed by atoms with Gasteiger partial charge in [-0.1, -0.05) is 30.3 Å². The zero-order valence-electron chi connectivity index (χ0n) is 9.27. The monoisotopic (exact) mass is 230 g/mol. The van der Waals surface area contributed by atoms with E-state index in [9.17, 15) is 4.79 Å². The molecule has 2 rings (SSSR count). The van der Waals surface area contributed by atoms with Crippen LogP contribution >= 0.6 is 11.3 Å². The van der Waals surface area contributed by atoms with Crippen molar-refractivity contribution in [1.29, 1.82) is 0 Å². The van der Waals surface area contributed by atoms with E-state index in [1.165, 1.54) is 5.56 Å². The largest absolute Gasteiger partial charge is 0.294 e. The normalized spacial score (nSPS) is 10.3. The molecule has 0 amide bonds. The smallest absolute Gasteiger partial charge is 0.164 e. The number of Topliss-reactive ketones (excluding diaryl/α,β-unsaturated/α-hetero) is 1. The van der Waals surface area contributed by atoms with Gasteiger partial charge in [0.25, 0.3) is 0 Å². The molecule has 0 aliphatic heterocycles. The highest BCUT2D eigenvalue weighted by Gasteiger charge is 2.09. The minimum atomic E-state index is 0.252. The van der Waals surface area contributed by atoms with Gasteiger partial charge in [-0.3, -0.25) is 4.79 Å². The molecule has 0 fully saturated rings. The van der Waals surface area contributed by atoms with Gasteiger partial charge >= 0.3 is 0 Å². The standard InChI is InChI=1S/C14H14OS/c1-11-13(9-10-16-11)14(15)8-7-12-5-3-2-4-6-12/h2-6,9-10H,7-8H2,1H3. The summed E-state index contributed by atoms with van der Waals surface area (Å²) in [5.74, 6) is 0.252. The molecule has 2 heteroatoms. The molecule has 0 saturated heterocycles. The molecule has 0 unspecified atom stereocenters. The van der Waals surface area contributed by atoms with Gasteiger partial charge in [0.2, 0.25) is 0 Å². The molecule has 2 aromatic rings. The fraction of sp³-hybridized carbons (Fsp3) is 0.214. The van der Waals surface area contributed by atoms with Crippen LogP contribution in [0.4, 0.5) is 0 Å². The van der Waals surface area contributed by atoms with Crippen LogP contribution in [0.15, 0.2) is 41.8 Å². The Morgan fingerprint density at radius 1 is 1.19 bits per heavy atom. The molecule has 0 N–H and O–H groups in total. The van der Waals surface area contributed by atoms with Crippen molar-refractivity contribution in [2.24, 2.45) is 0 Å². The van der Waals surface area contributed by atoms with E-state index in [1.54, 1.807) is 11.3 Å². The molecule has 1 nitrogen and oxygen atoms in total. The number of ketones is 1. The van der Waals surface area contributed by atoms with E-state index in [2.05, 4.69) is 12.1 Å². The van der Waals surface area contributed by atoms with Crippen molar-refractivity contribution in [3.63, 3.8) is 0 Å². The molecule has 0 aliphatic carbocycles. The van der Waals surface area contributed by atoms with E-state index in [-0.39, 0.29) is 5.78 Å². The maximum Gasteiger partial charge on any atom is 0.164 e. The van der Waals surface area contributed by atoms with Crippen molar-refractivity contribution in [2.45, 2.75) is 19.8 Å². The predicted octanol–water partition coefficient (Wildman–Crippen LogP) is 3.87. The SMILES string of the molecule is Cc1sccc1C(=O)CCc1ccccc1. The summed E-state index contributed by atoms with van der Waals surface area (Å²) in [6, 6.07) is 12.1. The highest BCUT2D eigenvalue weighted by atomic mass is 32.1. The van der Waals surface area contributed by atoms with Gasteiger partial charge in [0.05, 0.1) is 0 Å². The lowest BCUT2D eigenvalue weighted by atomic mass is 10.0. The number of carbonyl (C=O) groups excluding carboxylic acids is 1. The van der Waals surface area contributed by atoms with Crippen LogP contribution in [0.2, 0.25) is 0 Å². The van der Waals surface area contributed by atoms with Gasteiger partial charge in [-0.05, 0) is 30.4 Å². The Labute approximate surface area is 99.8 Å². The summed E-state index contributed by atoms with van der Waals surface area (Å²) in [4.78, 5) is 13.0. The lowest BCUT2D eigenvalue weighted by Gasteiger charge is -2.00. The molecule has 16 heavy (non-hydrogen) atoms. The Balaban J connectivity index is 1.97. The van der Waals surface area contributed by atoms with Crippen molar-refractivity contribution < 1.29 is 4.79 Å². The Morgan fingerprint density at radius 2 is 1.94 bits per heavy atom. The second-order valence-electron chi connectivity index (χ2n) is 3.80. The zero-order valence-corrected chi connectivity index (χ0v) is 10.1. The summed E-state index contributed by atoms with van der Waals surface area (Å²) < 4.78 is 0. The first-order valence-electron chi connectivity index (χ1n) is 5.38. The van der Waals surface area contributed by atoms with Gasteiger partial charge in [-0.25, -0.2) is 0 Å². The number of carbonyl (C=O) groups is 1. The van der Waals surface area contributed by atoms with Gasteiger partial charge in [0.15, 0.2) is 5.78 Å². The second kappa shape index (κ2) is 5.08. The lowest BCUT2D eigenvalue weighted by molar-refractivity contribution is 0.0983. The van der Waals surface area contributed by atoms with Gasteiger partial charge in [-0.15, -0.1) is 11.3 Å². The molecule has 0 spiro atoms. The number of thiophene rings is 1. The van der Waals surface area contributed by atoms with Crippen LogP contribution in [0.1, 0.15) is 27.2 Å². The van der Waals surface area contributed by atoms with Gasteiger partial charge < -0.3 is 0 Å². The van der Waals surface area contributed by atoms with Crippen LogP contribution in [-0.2, 0) is 6.42 Å². The Bertz CT molecular complexity index is 470. The van der Waals surface area contributed by atoms with Crippen molar-refractivity contribution in [2.75, 3.05) is 0 Å². The fourth-order valence-electron chi connectivity index (χ4n) is 1.71. The minimum absolute atomic E-state index is 0.252. The Hall–Kier alpha value is -1.41. The van der Waals surface area contributed by atoms with E-state index >= 15 is 0 Å². The molecule has 82 valence electrons. The Kier molecular flexibility index (Phi) is 3.52. The highest BCUT2D eigenvalue weighted by molar-refractivity contribution is 7.10. The first-order valence-corrected chi connectivity index (χ1v) is 6.26. The molecule has 1 aromatic heterocycles. The molecule has 1 heterocycles. The minimum Gasteiger partial charge on any atom is -0.294 e. The van der Waals surface area contributed by atoms with E-state index in [0.717, 1.165) is 16.9 Å². The van der Waals surface area contributed by atoms with Crippen molar-refractivity contribution >= 4 is 17.1 Å². The van der Waals surface area contributed by atoms with E-state index in [0.29, 0.717) is 6.42 Å². The number of benzene rings is 1. The van der Waals surface area contributed by atoms with Crippen LogP contribution in [0.5, 0.6) is 0 Å². The number of hydrogen-bond acceptors (Lipinski definition) is 2. The van der Waals surface area contributed by atoms with Gasteiger partial charge in [0, 0.05) is 16.9 Å². The van der Waals surface area contributed by atoms with Crippen LogP contribution in [0.3, 0.4) is 0 Å². The fourth-order valence-corrected chi connectivity index (χ4v) is 2.43. The molecule has 0 radical (unpaired) electrons. The maximum atomic E-state index is 11.9. The second-order valence-corrected chi connectivity index (χ2v) is 4.92. The van der Waals surface area contributed by atoms with Crippen LogP contribution in [0.25, 0.3) is 0 Å². The van der Waals surface area contributed by atoms with Crippen molar-refractivity contribution in [3.05, 3.63) is 57.8 Å². The molecule has 0 saturated carbocycles. The first-order chi connectivity index (χ1) is 7.77. The number of hydrogen-bond donors (Lipinski definition) is 0. The van der Waals surface area contributed by atoms with Crippen molar-refractivity contribution in [1.82, 2.24) is 0 Å². The third-order valence-corrected chi connectivity index (χ3v) is 3.49. The summed E-state index contributed by atoms with van der Waals surface area (Å²) in [5, 5.41) is 1.98. The average Bonchev–Trinajstić information content (AvgIpc) is 2.74. The zero-order chi connectivity index (χ0) is 11.4. The lowest BCUT2D eigenvalue weighted by Crippen LogP contribution is -2.01. The third kappa shape index (κ3) is 2.58. The molecular formula is C14H14OS. The highest BCUT2D eigenvalue weighted by Crippen LogP contribution is 2.17. The van der Waals surface area contributed by atoms with Gasteiger partial charge in [-0.2, -0.15) is 0 Å². The van der Waals surface area contributed by atoms with Crippen LogP contribution in [0, 0.1) is 6.92 Å². The Morgan fingerprint density at radius 3 is 2.56 bits per heavy atom. The summed E-state index contributed by atoms with van der Waals surface area (Å²) in [6.07, 6.45) is 1.43. The quantitative estimate of drug-likeness (QED) is 0.729. The molecule has 0 atom stereocenters. The first kappa shape index (κ1) is 11.1. The molecule has 0 bridgehead atoms. The molecule has 1 aromatic carbocycles. The third-order valence-electron chi connectivity index (χ3n) is 2.64. The van der Waals surface area contributed by atoms with E-state index in [1.807, 2.05) is 36.6 Å². The van der Waals surface area contributed by atoms with Crippen LogP contribution in [-0.4, -0.2) is 5.78 Å². The summed E-state index contributed by atoms with van der Waals surface area (Å²) in [6.45, 7) is 2.00. The number of aryl methyl sites for hydroxylation is 2. The summed E-state index contributed by atoms with van der Waals surface area (Å²) >= 11 is 1.63. The van der Waals surface area contributed by atoms with E-state index in [4.69, 9.17) is 0 Å². The topological polar surface area (TPSA) is 17.1 Å². The van der Waals surface area contributed by atoms with E-state index < -0.39 is 0 Å². The van der Waals surface area contributed by atoms with Gasteiger partial charge in [0.1, 0.15) is 0 Å². The van der Waals surface area contributed by atoms with Crippen LogP contribution < -0.4 is 0 Å². The summed E-state index contributed by atoms with van der Waals surface area (Å²) in [5.41, 5.74) is 2.12. The molecule has 0 aliphatic rings. The predicted molar refractivity (Wildman–Crippen MR) is 68.1 cm³/mol. The maximum absolute atomic E-state index is 11.9. The summed E-state index contributed by atoms with van der Waals surface area (Å²) in [7, 11) is 0. The average molecular weight is 230 g/mol. The molecular weight excluding hydrogens is 216 g/mol. The van der Waals surface area contributed by atoms with Crippen molar-refractivity contribution in [3.8, 4) is 0 Å².